The first kappa shape index (κ1) is 18.3. The lowest BCUT2D eigenvalue weighted by Crippen LogP contribution is -2.20. The second-order valence-corrected chi connectivity index (χ2v) is 7.65. The molecule has 0 radical (unpaired) electrons. The van der Waals surface area contributed by atoms with Gasteiger partial charge in [-0.2, -0.15) is 0 Å². The van der Waals surface area contributed by atoms with Crippen LogP contribution in [0.4, 0.5) is 5.69 Å². The number of nitrogens with two attached hydrogens (primary N) is 1. The maximum absolute atomic E-state index is 12.0. The number of benzene rings is 2. The first-order valence-corrected chi connectivity index (χ1v) is 9.57. The van der Waals surface area contributed by atoms with E-state index in [0.717, 1.165) is 10.9 Å². The molecule has 0 saturated heterocycles. The molecule has 6 heteroatoms. The number of nitrogens with one attached hydrogen (secondary N) is 1. The van der Waals surface area contributed by atoms with Gasteiger partial charge in [-0.15, -0.1) is 11.8 Å². The molecule has 26 heavy (non-hydrogen) atoms. The number of hydrogen-bond acceptors (Lipinski definition) is 4. The zero-order chi connectivity index (χ0) is 18.4. The van der Waals surface area contributed by atoms with Crippen LogP contribution in [-0.4, -0.2) is 23.7 Å². The highest BCUT2D eigenvalue weighted by atomic mass is 32.2. The summed E-state index contributed by atoms with van der Waals surface area (Å²) in [6.07, 6.45) is 5.23. The van der Waals surface area contributed by atoms with Crippen LogP contribution in [-0.2, 0) is 4.79 Å². The van der Waals surface area contributed by atoms with Crippen LogP contribution in [0, 0.1) is 0 Å². The van der Waals surface area contributed by atoms with Gasteiger partial charge in [0.1, 0.15) is 5.75 Å². The molecule has 1 aliphatic carbocycles. The molecule has 0 heterocycles. The predicted octanol–water partition coefficient (Wildman–Crippen LogP) is 3.84. The molecule has 5 nitrogen and oxygen atoms in total. The van der Waals surface area contributed by atoms with E-state index >= 15 is 0 Å². The van der Waals surface area contributed by atoms with Crippen molar-refractivity contribution in [2.45, 2.75) is 35.8 Å². The summed E-state index contributed by atoms with van der Waals surface area (Å²) in [4.78, 5) is 24.4. The van der Waals surface area contributed by atoms with E-state index in [9.17, 15) is 9.59 Å². The smallest absolute Gasteiger partial charge is 0.262 e. The van der Waals surface area contributed by atoms with Crippen molar-refractivity contribution in [1.29, 1.82) is 0 Å². The summed E-state index contributed by atoms with van der Waals surface area (Å²) >= 11 is 1.91. The van der Waals surface area contributed by atoms with Gasteiger partial charge in [0.2, 0.25) is 5.91 Å². The Hall–Kier alpha value is -2.47. The van der Waals surface area contributed by atoms with Crippen molar-refractivity contribution >= 4 is 29.3 Å². The maximum Gasteiger partial charge on any atom is 0.262 e. The Morgan fingerprint density at radius 3 is 2.54 bits per heavy atom. The third kappa shape index (κ3) is 5.26. The van der Waals surface area contributed by atoms with Gasteiger partial charge in [0.25, 0.3) is 5.91 Å². The molecular weight excluding hydrogens is 348 g/mol. The molecule has 0 spiro atoms. The van der Waals surface area contributed by atoms with Crippen molar-refractivity contribution in [2.24, 2.45) is 5.73 Å². The number of amides is 2. The summed E-state index contributed by atoms with van der Waals surface area (Å²) < 4.78 is 5.42. The van der Waals surface area contributed by atoms with Crippen LogP contribution >= 0.6 is 11.8 Å². The lowest BCUT2D eigenvalue weighted by Gasteiger charge is -2.10. The van der Waals surface area contributed by atoms with Gasteiger partial charge in [-0.05, 0) is 55.3 Å². The quantitative estimate of drug-likeness (QED) is 0.776. The number of rotatable bonds is 7. The van der Waals surface area contributed by atoms with Gasteiger partial charge >= 0.3 is 0 Å². The molecule has 0 unspecified atom stereocenters. The van der Waals surface area contributed by atoms with Crippen LogP contribution < -0.4 is 15.8 Å². The summed E-state index contributed by atoms with van der Waals surface area (Å²) in [5.41, 5.74) is 6.31. The molecule has 2 aromatic carbocycles. The lowest BCUT2D eigenvalue weighted by molar-refractivity contribution is -0.118. The van der Waals surface area contributed by atoms with Crippen molar-refractivity contribution in [3.05, 3.63) is 54.1 Å². The fraction of sp³-hybridized carbons (Fsp3) is 0.300. The zero-order valence-corrected chi connectivity index (χ0v) is 15.3. The lowest BCUT2D eigenvalue weighted by atomic mass is 10.2. The highest BCUT2D eigenvalue weighted by Gasteiger charge is 2.16. The average molecular weight is 370 g/mol. The normalized spacial score (nSPS) is 14.2. The Kier molecular flexibility index (Phi) is 6.17. The van der Waals surface area contributed by atoms with Gasteiger partial charge in [0.15, 0.2) is 6.61 Å². The largest absolute Gasteiger partial charge is 0.484 e. The van der Waals surface area contributed by atoms with Crippen LogP contribution in [0.3, 0.4) is 0 Å². The minimum Gasteiger partial charge on any atom is -0.484 e. The molecule has 2 amide bonds. The number of ether oxygens (including phenoxy) is 1. The number of anilines is 1. The van der Waals surface area contributed by atoms with E-state index in [2.05, 4.69) is 5.32 Å². The molecule has 0 aliphatic heterocycles. The topological polar surface area (TPSA) is 81.4 Å². The second-order valence-electron chi connectivity index (χ2n) is 6.28. The van der Waals surface area contributed by atoms with Crippen LogP contribution in [0.25, 0.3) is 0 Å². The molecule has 0 aromatic heterocycles. The van der Waals surface area contributed by atoms with E-state index in [1.807, 2.05) is 36.0 Å². The highest BCUT2D eigenvalue weighted by Crippen LogP contribution is 2.34. The van der Waals surface area contributed by atoms with Gasteiger partial charge in [0.05, 0.1) is 0 Å². The molecule has 1 aliphatic rings. The SMILES string of the molecule is NC(=O)c1cccc(OCC(=O)Nc2ccc(SC3CCCC3)cc2)c1. The summed E-state index contributed by atoms with van der Waals surface area (Å²) in [5, 5.41) is 3.53. The number of carbonyl (C=O) groups excluding carboxylic acids is 2. The van der Waals surface area contributed by atoms with E-state index in [0.29, 0.717) is 11.3 Å². The minimum atomic E-state index is -0.532. The molecule has 3 rings (SSSR count). The molecule has 1 saturated carbocycles. The standard InChI is InChI=1S/C20H22N2O3S/c21-20(24)14-4-3-5-16(12-14)25-13-19(23)22-15-8-10-18(11-9-15)26-17-6-1-2-7-17/h3-5,8-12,17H,1-2,6-7,13H2,(H2,21,24)(H,22,23). The maximum atomic E-state index is 12.0. The summed E-state index contributed by atoms with van der Waals surface area (Å²) in [5.74, 6) is -0.360. The molecular formula is C20H22N2O3S. The zero-order valence-electron chi connectivity index (χ0n) is 14.4. The Morgan fingerprint density at radius 1 is 1.12 bits per heavy atom. The summed E-state index contributed by atoms with van der Waals surface area (Å²) in [6, 6.07) is 14.3. The van der Waals surface area contributed by atoms with Crippen LogP contribution in [0.15, 0.2) is 53.4 Å². The van der Waals surface area contributed by atoms with Crippen molar-refractivity contribution < 1.29 is 14.3 Å². The Labute approximate surface area is 157 Å². The Balaban J connectivity index is 1.48. The Bertz CT molecular complexity index is 771. The van der Waals surface area contributed by atoms with E-state index in [1.165, 1.54) is 36.6 Å². The van der Waals surface area contributed by atoms with Crippen molar-refractivity contribution in [3.63, 3.8) is 0 Å². The first-order chi connectivity index (χ1) is 12.6. The third-order valence-corrected chi connectivity index (χ3v) is 5.58. The number of thioether (sulfide) groups is 1. The fourth-order valence-corrected chi connectivity index (χ4v) is 4.15. The van der Waals surface area contributed by atoms with Crippen molar-refractivity contribution in [3.8, 4) is 5.75 Å². The summed E-state index contributed by atoms with van der Waals surface area (Å²) in [7, 11) is 0. The highest BCUT2D eigenvalue weighted by molar-refractivity contribution is 8.00. The van der Waals surface area contributed by atoms with E-state index in [1.54, 1.807) is 18.2 Å². The molecule has 0 bridgehead atoms. The number of carbonyl (C=O) groups is 2. The minimum absolute atomic E-state index is 0.138. The van der Waals surface area contributed by atoms with Gasteiger partial charge in [-0.3, -0.25) is 9.59 Å². The average Bonchev–Trinajstić information content (AvgIpc) is 3.15. The molecule has 3 N–H and O–H groups in total. The van der Waals surface area contributed by atoms with Crippen molar-refractivity contribution in [1.82, 2.24) is 0 Å². The van der Waals surface area contributed by atoms with Crippen molar-refractivity contribution in [2.75, 3.05) is 11.9 Å². The molecule has 136 valence electrons. The third-order valence-electron chi connectivity index (χ3n) is 4.23. The second kappa shape index (κ2) is 8.76. The number of primary amides is 1. The van der Waals surface area contributed by atoms with Gasteiger partial charge in [0, 0.05) is 21.4 Å². The molecule has 0 atom stereocenters. The molecule has 2 aromatic rings. The van der Waals surface area contributed by atoms with E-state index in [-0.39, 0.29) is 12.5 Å². The predicted molar refractivity (Wildman–Crippen MR) is 104 cm³/mol. The van der Waals surface area contributed by atoms with E-state index < -0.39 is 5.91 Å². The van der Waals surface area contributed by atoms with E-state index in [4.69, 9.17) is 10.5 Å². The summed E-state index contributed by atoms with van der Waals surface area (Å²) in [6.45, 7) is -0.138. The Morgan fingerprint density at radius 2 is 1.85 bits per heavy atom. The molecule has 1 fully saturated rings. The monoisotopic (exact) mass is 370 g/mol. The van der Waals surface area contributed by atoms with Crippen LogP contribution in [0.5, 0.6) is 5.75 Å². The van der Waals surface area contributed by atoms with Gasteiger partial charge in [-0.25, -0.2) is 0 Å². The van der Waals surface area contributed by atoms with Gasteiger partial charge in [-0.1, -0.05) is 18.9 Å². The van der Waals surface area contributed by atoms with Gasteiger partial charge < -0.3 is 15.8 Å². The first-order valence-electron chi connectivity index (χ1n) is 8.69. The fourth-order valence-electron chi connectivity index (χ4n) is 2.90. The van der Waals surface area contributed by atoms with Crippen LogP contribution in [0.2, 0.25) is 0 Å². The van der Waals surface area contributed by atoms with Crippen LogP contribution in [0.1, 0.15) is 36.0 Å². The number of hydrogen-bond donors (Lipinski definition) is 2.